The predicted molar refractivity (Wildman–Crippen MR) is 74.6 cm³/mol. The molecule has 0 spiro atoms. The first kappa shape index (κ1) is 14.5. The molecule has 0 aliphatic carbocycles. The number of amides is 1. The molecule has 1 aliphatic heterocycles. The zero-order chi connectivity index (χ0) is 14.4. The standard InChI is InChI=1S/C15H19NO4/c17-14(10-12-5-3-9-20-12)16-13-6-2-1-4-11(13)7-8-15(18)19/h1-2,4,6,12H,3,5,7-10H2,(H,16,17)(H,18,19). The Hall–Kier alpha value is -1.88. The number of aryl methyl sites for hydroxylation is 1. The van der Waals surface area contributed by atoms with Crippen molar-refractivity contribution in [1.82, 2.24) is 0 Å². The number of carboxylic acids is 1. The van der Waals surface area contributed by atoms with Crippen molar-refractivity contribution in [2.75, 3.05) is 11.9 Å². The molecule has 20 heavy (non-hydrogen) atoms. The third-order valence-electron chi connectivity index (χ3n) is 3.34. The molecule has 2 rings (SSSR count). The van der Waals surface area contributed by atoms with E-state index in [1.54, 1.807) is 6.07 Å². The molecule has 0 aromatic heterocycles. The quantitative estimate of drug-likeness (QED) is 0.836. The molecular weight excluding hydrogens is 258 g/mol. The highest BCUT2D eigenvalue weighted by molar-refractivity contribution is 5.91. The molecule has 1 atom stereocenters. The van der Waals surface area contributed by atoms with Crippen LogP contribution >= 0.6 is 0 Å². The normalized spacial score (nSPS) is 17.9. The molecule has 5 heteroatoms. The molecule has 1 saturated heterocycles. The third kappa shape index (κ3) is 4.35. The summed E-state index contributed by atoms with van der Waals surface area (Å²) in [5.74, 6) is -0.926. The maximum Gasteiger partial charge on any atom is 0.303 e. The van der Waals surface area contributed by atoms with Crippen LogP contribution in [0.15, 0.2) is 24.3 Å². The Morgan fingerprint density at radius 1 is 1.35 bits per heavy atom. The second-order valence-electron chi connectivity index (χ2n) is 4.94. The molecule has 0 bridgehead atoms. The van der Waals surface area contributed by atoms with Crippen LogP contribution in [0.3, 0.4) is 0 Å². The van der Waals surface area contributed by atoms with E-state index in [0.29, 0.717) is 18.5 Å². The van der Waals surface area contributed by atoms with Gasteiger partial charge in [-0.15, -0.1) is 0 Å². The summed E-state index contributed by atoms with van der Waals surface area (Å²) in [4.78, 5) is 22.6. The first-order valence-corrected chi connectivity index (χ1v) is 6.86. The van der Waals surface area contributed by atoms with Crippen molar-refractivity contribution >= 4 is 17.6 Å². The maximum atomic E-state index is 12.0. The molecule has 1 heterocycles. The fourth-order valence-electron chi connectivity index (χ4n) is 2.32. The van der Waals surface area contributed by atoms with Gasteiger partial charge in [-0.25, -0.2) is 0 Å². The van der Waals surface area contributed by atoms with Gasteiger partial charge in [0.15, 0.2) is 0 Å². The molecule has 2 N–H and O–H groups in total. The van der Waals surface area contributed by atoms with Gasteiger partial charge in [0.1, 0.15) is 0 Å². The van der Waals surface area contributed by atoms with E-state index < -0.39 is 5.97 Å². The summed E-state index contributed by atoms with van der Waals surface area (Å²) in [5, 5.41) is 11.6. The Balaban J connectivity index is 1.93. The van der Waals surface area contributed by atoms with Crippen LogP contribution in [0.4, 0.5) is 5.69 Å². The Bertz CT molecular complexity index is 481. The fraction of sp³-hybridized carbons (Fsp3) is 0.467. The first-order chi connectivity index (χ1) is 9.65. The van der Waals surface area contributed by atoms with Crippen LogP contribution in [0.5, 0.6) is 0 Å². The lowest BCUT2D eigenvalue weighted by Crippen LogP contribution is -2.20. The summed E-state index contributed by atoms with van der Waals surface area (Å²) in [6.45, 7) is 0.729. The van der Waals surface area contributed by atoms with E-state index in [-0.39, 0.29) is 18.4 Å². The van der Waals surface area contributed by atoms with Crippen LogP contribution in [0.25, 0.3) is 0 Å². The molecule has 1 aliphatic rings. The van der Waals surface area contributed by atoms with Crippen molar-refractivity contribution in [3.8, 4) is 0 Å². The molecule has 108 valence electrons. The van der Waals surface area contributed by atoms with Gasteiger partial charge in [0.05, 0.1) is 12.5 Å². The summed E-state index contributed by atoms with van der Waals surface area (Å²) in [5.41, 5.74) is 1.53. The lowest BCUT2D eigenvalue weighted by Gasteiger charge is -2.12. The van der Waals surface area contributed by atoms with Gasteiger partial charge in [-0.05, 0) is 30.9 Å². The van der Waals surface area contributed by atoms with Crippen molar-refractivity contribution in [2.45, 2.75) is 38.2 Å². The Morgan fingerprint density at radius 3 is 2.85 bits per heavy atom. The predicted octanol–water partition coefficient (Wildman–Crippen LogP) is 2.21. The van der Waals surface area contributed by atoms with Crippen LogP contribution < -0.4 is 5.32 Å². The van der Waals surface area contributed by atoms with Gasteiger partial charge in [-0.3, -0.25) is 9.59 Å². The van der Waals surface area contributed by atoms with Gasteiger partial charge < -0.3 is 15.2 Å². The van der Waals surface area contributed by atoms with Crippen molar-refractivity contribution in [1.29, 1.82) is 0 Å². The van der Waals surface area contributed by atoms with Gasteiger partial charge in [0, 0.05) is 18.7 Å². The van der Waals surface area contributed by atoms with Crippen LogP contribution in [-0.4, -0.2) is 29.7 Å². The van der Waals surface area contributed by atoms with Crippen molar-refractivity contribution < 1.29 is 19.4 Å². The molecule has 1 fully saturated rings. The van der Waals surface area contributed by atoms with Crippen LogP contribution in [0.2, 0.25) is 0 Å². The second-order valence-corrected chi connectivity index (χ2v) is 4.94. The van der Waals surface area contributed by atoms with Crippen LogP contribution in [-0.2, 0) is 20.7 Å². The van der Waals surface area contributed by atoms with Crippen molar-refractivity contribution in [2.24, 2.45) is 0 Å². The van der Waals surface area contributed by atoms with Crippen LogP contribution in [0.1, 0.15) is 31.2 Å². The number of anilines is 1. The Labute approximate surface area is 117 Å². The number of rotatable bonds is 6. The van der Waals surface area contributed by atoms with Gasteiger partial charge in [0.2, 0.25) is 5.91 Å². The first-order valence-electron chi connectivity index (χ1n) is 6.86. The molecular formula is C15H19NO4. The minimum Gasteiger partial charge on any atom is -0.481 e. The Morgan fingerprint density at radius 2 is 2.15 bits per heavy atom. The minimum absolute atomic E-state index is 0.0150. The zero-order valence-corrected chi connectivity index (χ0v) is 11.3. The number of carbonyl (C=O) groups excluding carboxylic acids is 1. The number of para-hydroxylation sites is 1. The van der Waals surface area contributed by atoms with Crippen molar-refractivity contribution in [3.05, 3.63) is 29.8 Å². The highest BCUT2D eigenvalue weighted by atomic mass is 16.5. The number of nitrogens with one attached hydrogen (secondary N) is 1. The van der Waals surface area contributed by atoms with E-state index in [1.807, 2.05) is 18.2 Å². The molecule has 0 saturated carbocycles. The summed E-state index contributed by atoms with van der Waals surface area (Å²) in [7, 11) is 0. The summed E-state index contributed by atoms with van der Waals surface area (Å²) in [6, 6.07) is 7.30. The van der Waals surface area contributed by atoms with Crippen molar-refractivity contribution in [3.63, 3.8) is 0 Å². The van der Waals surface area contributed by atoms with E-state index in [4.69, 9.17) is 9.84 Å². The minimum atomic E-state index is -0.842. The van der Waals surface area contributed by atoms with E-state index in [9.17, 15) is 9.59 Å². The lowest BCUT2D eigenvalue weighted by molar-refractivity contribution is -0.137. The van der Waals surface area contributed by atoms with E-state index in [0.717, 1.165) is 25.0 Å². The average Bonchev–Trinajstić information content (AvgIpc) is 2.90. The van der Waals surface area contributed by atoms with Gasteiger partial charge in [-0.1, -0.05) is 18.2 Å². The second kappa shape index (κ2) is 7.05. The summed E-state index contributed by atoms with van der Waals surface area (Å²) >= 11 is 0. The lowest BCUT2D eigenvalue weighted by atomic mass is 10.1. The third-order valence-corrected chi connectivity index (χ3v) is 3.34. The number of hydrogen-bond acceptors (Lipinski definition) is 3. The average molecular weight is 277 g/mol. The molecule has 5 nitrogen and oxygen atoms in total. The van der Waals surface area contributed by atoms with E-state index >= 15 is 0 Å². The van der Waals surface area contributed by atoms with E-state index in [1.165, 1.54) is 0 Å². The monoisotopic (exact) mass is 277 g/mol. The molecule has 0 radical (unpaired) electrons. The highest BCUT2D eigenvalue weighted by Gasteiger charge is 2.19. The molecule has 1 amide bonds. The number of hydrogen-bond donors (Lipinski definition) is 2. The number of benzene rings is 1. The number of ether oxygens (including phenoxy) is 1. The van der Waals surface area contributed by atoms with Crippen LogP contribution in [0, 0.1) is 0 Å². The molecule has 1 aromatic carbocycles. The number of carboxylic acid groups (broad SMARTS) is 1. The summed E-state index contributed by atoms with van der Waals surface area (Å²) < 4.78 is 5.43. The molecule has 1 unspecified atom stereocenters. The van der Waals surface area contributed by atoms with E-state index in [2.05, 4.69) is 5.32 Å². The number of aliphatic carboxylic acids is 1. The smallest absolute Gasteiger partial charge is 0.303 e. The van der Waals surface area contributed by atoms with Gasteiger partial charge in [0.25, 0.3) is 0 Å². The van der Waals surface area contributed by atoms with Gasteiger partial charge in [-0.2, -0.15) is 0 Å². The summed E-state index contributed by atoms with van der Waals surface area (Å²) in [6.07, 6.45) is 2.76. The maximum absolute atomic E-state index is 12.0. The van der Waals surface area contributed by atoms with Gasteiger partial charge >= 0.3 is 5.97 Å². The topological polar surface area (TPSA) is 75.6 Å². The largest absolute Gasteiger partial charge is 0.481 e. The zero-order valence-electron chi connectivity index (χ0n) is 11.3. The fourth-order valence-corrected chi connectivity index (χ4v) is 2.32. The number of carbonyl (C=O) groups is 2. The highest BCUT2D eigenvalue weighted by Crippen LogP contribution is 2.19. The molecule has 1 aromatic rings. The SMILES string of the molecule is O=C(O)CCc1ccccc1NC(=O)CC1CCCO1. The Kier molecular flexibility index (Phi) is 5.12.